The lowest BCUT2D eigenvalue weighted by Crippen LogP contribution is -2.29. The zero-order valence-corrected chi connectivity index (χ0v) is 30.6. The number of aliphatic hydroxyl groups is 2. The van der Waals surface area contributed by atoms with E-state index in [1.807, 2.05) is 0 Å². The number of esters is 2. The molecule has 10 nitrogen and oxygen atoms in total. The van der Waals surface area contributed by atoms with E-state index in [2.05, 4.69) is 30.5 Å². The van der Waals surface area contributed by atoms with Crippen molar-refractivity contribution in [3.05, 3.63) is 12.2 Å². The van der Waals surface area contributed by atoms with E-state index in [4.69, 9.17) is 19.1 Å². The first-order chi connectivity index (χ1) is 22.7. The van der Waals surface area contributed by atoms with Crippen LogP contribution in [-0.2, 0) is 32.7 Å². The second-order valence-electron chi connectivity index (χ2n) is 12.6. The Morgan fingerprint density at radius 3 is 1.62 bits per heavy atom. The summed E-state index contributed by atoms with van der Waals surface area (Å²) in [5.74, 6) is -0.928. The molecular weight excluding hydrogens is 623 g/mol. The first kappa shape index (κ1) is 45.7. The van der Waals surface area contributed by atoms with Crippen LogP contribution in [0.15, 0.2) is 12.2 Å². The Morgan fingerprint density at radius 2 is 1.11 bits per heavy atom. The normalized spacial score (nSPS) is 14.2. The fourth-order valence-electron chi connectivity index (χ4n) is 5.05. The highest BCUT2D eigenvalue weighted by Crippen LogP contribution is 2.43. The monoisotopic (exact) mass is 692 g/mol. The van der Waals surface area contributed by atoms with Crippen LogP contribution in [0.4, 0.5) is 0 Å². The van der Waals surface area contributed by atoms with Gasteiger partial charge in [0.1, 0.15) is 12.7 Å². The van der Waals surface area contributed by atoms with Gasteiger partial charge in [0.25, 0.3) is 0 Å². The lowest BCUT2D eigenvalue weighted by atomic mass is 10.0. The van der Waals surface area contributed by atoms with Crippen LogP contribution in [-0.4, -0.2) is 65.7 Å². The second-order valence-corrected chi connectivity index (χ2v) is 14.0. The first-order valence-corrected chi connectivity index (χ1v) is 20.1. The quantitative estimate of drug-likeness (QED) is 0.0254. The van der Waals surface area contributed by atoms with E-state index in [0.717, 1.165) is 51.4 Å². The SMILES string of the molecule is CC/C=C\CCCCCCCCCC(=O)O[C@H](COC(=O)CCCCCCCCCCCCCCC)COP(=O)(O)OC[C@@H](O)CO. The number of unbranched alkanes of at least 4 members (excludes halogenated alkanes) is 19. The molecule has 0 radical (unpaired) electrons. The van der Waals surface area contributed by atoms with Crippen molar-refractivity contribution in [2.45, 2.75) is 180 Å². The highest BCUT2D eigenvalue weighted by molar-refractivity contribution is 7.47. The fraction of sp³-hybridized carbons (Fsp3) is 0.889. The minimum absolute atomic E-state index is 0.182. The molecular formula is C36H69O10P. The van der Waals surface area contributed by atoms with Crippen molar-refractivity contribution in [3.63, 3.8) is 0 Å². The number of hydrogen-bond donors (Lipinski definition) is 3. The van der Waals surface area contributed by atoms with E-state index >= 15 is 0 Å². The van der Waals surface area contributed by atoms with Gasteiger partial charge < -0.3 is 24.6 Å². The molecule has 0 aliphatic heterocycles. The molecule has 3 atom stereocenters. The maximum Gasteiger partial charge on any atom is 0.472 e. The van der Waals surface area contributed by atoms with Gasteiger partial charge in [0, 0.05) is 12.8 Å². The molecule has 0 saturated carbocycles. The van der Waals surface area contributed by atoms with Crippen LogP contribution in [0.25, 0.3) is 0 Å². The fourth-order valence-corrected chi connectivity index (χ4v) is 5.84. The van der Waals surface area contributed by atoms with Gasteiger partial charge in [-0.1, -0.05) is 135 Å². The van der Waals surface area contributed by atoms with E-state index in [9.17, 15) is 24.2 Å². The molecule has 0 fully saturated rings. The Morgan fingerprint density at radius 1 is 0.638 bits per heavy atom. The Balaban J connectivity index is 4.36. The van der Waals surface area contributed by atoms with Crippen molar-refractivity contribution in [2.75, 3.05) is 26.4 Å². The third kappa shape index (κ3) is 33.0. The average molecular weight is 693 g/mol. The van der Waals surface area contributed by atoms with E-state index in [0.29, 0.717) is 12.8 Å². The number of carbonyl (C=O) groups excluding carboxylic acids is 2. The van der Waals surface area contributed by atoms with E-state index in [-0.39, 0.29) is 19.4 Å². The standard InChI is InChI=1S/C36H69O10P/c1-3-5-7-9-11-13-15-16-18-19-21-23-25-27-35(39)43-31-34(32-45-47(41,42)44-30-33(38)29-37)46-36(40)28-26-24-22-20-17-14-12-10-8-6-4-2/h6,8,33-34,37-38H,3-5,7,9-32H2,1-2H3,(H,41,42)/b8-6-/t33-,34+/m0/s1. The number of phosphoric acid groups is 1. The lowest BCUT2D eigenvalue weighted by molar-refractivity contribution is -0.161. The van der Waals surface area contributed by atoms with Gasteiger partial charge in [-0.3, -0.25) is 18.6 Å². The highest BCUT2D eigenvalue weighted by Gasteiger charge is 2.27. The predicted molar refractivity (Wildman–Crippen MR) is 187 cm³/mol. The molecule has 0 aliphatic rings. The summed E-state index contributed by atoms with van der Waals surface area (Å²) in [5, 5.41) is 18.2. The third-order valence-electron chi connectivity index (χ3n) is 7.93. The third-order valence-corrected chi connectivity index (χ3v) is 8.88. The molecule has 47 heavy (non-hydrogen) atoms. The van der Waals surface area contributed by atoms with Gasteiger partial charge in [-0.2, -0.15) is 0 Å². The van der Waals surface area contributed by atoms with Crippen LogP contribution in [0.2, 0.25) is 0 Å². The van der Waals surface area contributed by atoms with Crippen molar-refractivity contribution in [2.24, 2.45) is 0 Å². The topological polar surface area (TPSA) is 149 Å². The lowest BCUT2D eigenvalue weighted by Gasteiger charge is -2.20. The van der Waals surface area contributed by atoms with Crippen LogP contribution in [0.5, 0.6) is 0 Å². The summed E-state index contributed by atoms with van der Waals surface area (Å²) in [6.45, 7) is 2.27. The van der Waals surface area contributed by atoms with Gasteiger partial charge in [0.15, 0.2) is 6.10 Å². The number of allylic oxidation sites excluding steroid dienone is 2. The Bertz CT molecular complexity index is 807. The van der Waals surface area contributed by atoms with E-state index in [1.54, 1.807) is 0 Å². The summed E-state index contributed by atoms with van der Waals surface area (Å²) in [4.78, 5) is 34.7. The molecule has 278 valence electrons. The Hall–Kier alpha value is -1.29. The van der Waals surface area contributed by atoms with Crippen LogP contribution >= 0.6 is 7.82 Å². The second kappa shape index (κ2) is 33.2. The summed E-state index contributed by atoms with van der Waals surface area (Å²) in [5.41, 5.74) is 0. The van der Waals surface area contributed by atoms with Crippen molar-refractivity contribution < 1.29 is 47.8 Å². The number of ether oxygens (including phenoxy) is 2. The molecule has 0 rings (SSSR count). The minimum atomic E-state index is -4.60. The molecule has 0 aromatic carbocycles. The minimum Gasteiger partial charge on any atom is -0.462 e. The number of hydrogen-bond acceptors (Lipinski definition) is 9. The van der Waals surface area contributed by atoms with E-state index in [1.165, 1.54) is 77.0 Å². The molecule has 0 heterocycles. The Kier molecular flexibility index (Phi) is 32.3. The number of aliphatic hydroxyl groups excluding tert-OH is 2. The number of carbonyl (C=O) groups is 2. The van der Waals surface area contributed by atoms with Crippen LogP contribution < -0.4 is 0 Å². The molecule has 0 amide bonds. The summed E-state index contributed by atoms with van der Waals surface area (Å²) in [6, 6.07) is 0. The molecule has 0 spiro atoms. The smallest absolute Gasteiger partial charge is 0.462 e. The molecule has 11 heteroatoms. The number of phosphoric ester groups is 1. The summed E-state index contributed by atoms with van der Waals surface area (Å²) in [7, 11) is -4.60. The largest absolute Gasteiger partial charge is 0.472 e. The summed E-state index contributed by atoms with van der Waals surface area (Å²) < 4.78 is 32.5. The van der Waals surface area contributed by atoms with Crippen molar-refractivity contribution in [1.29, 1.82) is 0 Å². The van der Waals surface area contributed by atoms with Crippen LogP contribution in [0, 0.1) is 0 Å². The first-order valence-electron chi connectivity index (χ1n) is 18.6. The molecule has 0 aliphatic carbocycles. The van der Waals surface area contributed by atoms with Gasteiger partial charge in [0.05, 0.1) is 19.8 Å². The van der Waals surface area contributed by atoms with Gasteiger partial charge in [-0.25, -0.2) is 4.57 Å². The molecule has 0 saturated heterocycles. The molecule has 0 aromatic rings. The Labute approximate surface area is 286 Å². The molecule has 1 unspecified atom stereocenters. The maximum absolute atomic E-state index is 12.5. The molecule has 3 N–H and O–H groups in total. The molecule has 0 bridgehead atoms. The zero-order chi connectivity index (χ0) is 34.9. The molecule has 0 aromatic heterocycles. The van der Waals surface area contributed by atoms with Gasteiger partial charge in [-0.05, 0) is 32.1 Å². The number of rotatable bonds is 35. The van der Waals surface area contributed by atoms with Gasteiger partial charge >= 0.3 is 19.8 Å². The summed E-state index contributed by atoms with van der Waals surface area (Å²) in [6.07, 6.45) is 27.6. The van der Waals surface area contributed by atoms with Crippen LogP contribution in [0.3, 0.4) is 0 Å². The van der Waals surface area contributed by atoms with Gasteiger partial charge in [0.2, 0.25) is 0 Å². The average Bonchev–Trinajstić information content (AvgIpc) is 3.05. The van der Waals surface area contributed by atoms with Crippen molar-refractivity contribution >= 4 is 19.8 Å². The van der Waals surface area contributed by atoms with Crippen LogP contribution in [0.1, 0.15) is 168 Å². The highest BCUT2D eigenvalue weighted by atomic mass is 31.2. The zero-order valence-electron chi connectivity index (χ0n) is 29.8. The predicted octanol–water partition coefficient (Wildman–Crippen LogP) is 8.89. The van der Waals surface area contributed by atoms with Crippen molar-refractivity contribution in [1.82, 2.24) is 0 Å². The van der Waals surface area contributed by atoms with Crippen molar-refractivity contribution in [3.8, 4) is 0 Å². The maximum atomic E-state index is 12.5. The summed E-state index contributed by atoms with van der Waals surface area (Å²) >= 11 is 0. The van der Waals surface area contributed by atoms with Gasteiger partial charge in [-0.15, -0.1) is 0 Å². The van der Waals surface area contributed by atoms with E-state index < -0.39 is 51.8 Å².